The standard InChI is InChI=1S/C14H25NO/c1-4-8-14(16,5-2)13(11-15)9-6-12(3)7-10-13/h12,16H,4-10H2,1-3H3. The van der Waals surface area contributed by atoms with E-state index in [-0.39, 0.29) is 0 Å². The Morgan fingerprint density at radius 1 is 1.38 bits per heavy atom. The molecule has 0 heterocycles. The van der Waals surface area contributed by atoms with Gasteiger partial charge >= 0.3 is 0 Å². The average Bonchev–Trinajstić information content (AvgIpc) is 2.30. The van der Waals surface area contributed by atoms with Crippen LogP contribution in [0, 0.1) is 22.7 Å². The normalized spacial score (nSPS) is 34.1. The van der Waals surface area contributed by atoms with Gasteiger partial charge in [0.2, 0.25) is 0 Å². The maximum Gasteiger partial charge on any atom is 0.0860 e. The number of nitriles is 1. The van der Waals surface area contributed by atoms with Crippen LogP contribution in [-0.2, 0) is 0 Å². The van der Waals surface area contributed by atoms with E-state index in [0.29, 0.717) is 12.3 Å². The van der Waals surface area contributed by atoms with E-state index in [1.165, 1.54) is 0 Å². The fourth-order valence-corrected chi connectivity index (χ4v) is 3.10. The van der Waals surface area contributed by atoms with Crippen molar-refractivity contribution in [2.75, 3.05) is 0 Å². The molecule has 2 nitrogen and oxygen atoms in total. The molecule has 1 saturated carbocycles. The minimum atomic E-state index is -0.767. The molecule has 0 amide bonds. The summed E-state index contributed by atoms with van der Waals surface area (Å²) in [6, 6.07) is 2.46. The molecule has 1 N–H and O–H groups in total. The molecule has 1 unspecified atom stereocenters. The Labute approximate surface area is 99.7 Å². The number of hydrogen-bond acceptors (Lipinski definition) is 2. The van der Waals surface area contributed by atoms with Gasteiger partial charge in [-0.2, -0.15) is 5.26 Å². The molecule has 1 aliphatic carbocycles. The van der Waals surface area contributed by atoms with Gasteiger partial charge in [0, 0.05) is 0 Å². The van der Waals surface area contributed by atoms with E-state index < -0.39 is 11.0 Å². The molecule has 0 radical (unpaired) electrons. The van der Waals surface area contributed by atoms with Crippen molar-refractivity contribution in [3.8, 4) is 6.07 Å². The van der Waals surface area contributed by atoms with Gasteiger partial charge in [0.05, 0.1) is 17.1 Å². The van der Waals surface area contributed by atoms with Gasteiger partial charge in [-0.05, 0) is 44.4 Å². The van der Waals surface area contributed by atoms with Crippen LogP contribution in [0.5, 0.6) is 0 Å². The first-order valence-corrected chi connectivity index (χ1v) is 6.67. The highest BCUT2D eigenvalue weighted by molar-refractivity contribution is 5.12. The zero-order valence-electron chi connectivity index (χ0n) is 10.9. The van der Waals surface area contributed by atoms with Crippen LogP contribution in [0.2, 0.25) is 0 Å². The number of nitrogens with zero attached hydrogens (tertiary/aromatic N) is 1. The summed E-state index contributed by atoms with van der Waals surface area (Å²) in [5, 5.41) is 20.3. The molecule has 1 atom stereocenters. The van der Waals surface area contributed by atoms with Crippen LogP contribution in [0.4, 0.5) is 0 Å². The smallest absolute Gasteiger partial charge is 0.0860 e. The summed E-state index contributed by atoms with van der Waals surface area (Å²) in [6.45, 7) is 6.33. The second kappa shape index (κ2) is 5.19. The van der Waals surface area contributed by atoms with Gasteiger partial charge in [-0.3, -0.25) is 0 Å². The third-order valence-electron chi connectivity index (χ3n) is 4.48. The third-order valence-corrected chi connectivity index (χ3v) is 4.48. The molecule has 92 valence electrons. The van der Waals surface area contributed by atoms with Crippen LogP contribution in [0.3, 0.4) is 0 Å². The van der Waals surface area contributed by atoms with Crippen LogP contribution in [0.15, 0.2) is 0 Å². The fourth-order valence-electron chi connectivity index (χ4n) is 3.10. The Balaban J connectivity index is 2.90. The zero-order valence-corrected chi connectivity index (χ0v) is 10.9. The second-order valence-corrected chi connectivity index (χ2v) is 5.51. The summed E-state index contributed by atoms with van der Waals surface area (Å²) in [7, 11) is 0. The van der Waals surface area contributed by atoms with Crippen molar-refractivity contribution in [1.29, 1.82) is 5.26 Å². The van der Waals surface area contributed by atoms with Crippen molar-refractivity contribution in [2.45, 2.75) is 71.3 Å². The van der Waals surface area contributed by atoms with Crippen molar-refractivity contribution in [1.82, 2.24) is 0 Å². The summed E-state index contributed by atoms with van der Waals surface area (Å²) in [6.07, 6.45) is 6.31. The lowest BCUT2D eigenvalue weighted by atomic mass is 9.60. The molecule has 0 aromatic heterocycles. The topological polar surface area (TPSA) is 44.0 Å². The van der Waals surface area contributed by atoms with Crippen LogP contribution in [0.25, 0.3) is 0 Å². The van der Waals surface area contributed by atoms with E-state index in [4.69, 9.17) is 0 Å². The van der Waals surface area contributed by atoms with Crippen LogP contribution >= 0.6 is 0 Å². The van der Waals surface area contributed by atoms with Gasteiger partial charge in [-0.1, -0.05) is 27.2 Å². The molecule has 0 saturated heterocycles. The molecule has 1 aliphatic rings. The lowest BCUT2D eigenvalue weighted by Crippen LogP contribution is -2.49. The van der Waals surface area contributed by atoms with Gasteiger partial charge in [0.15, 0.2) is 0 Å². The van der Waals surface area contributed by atoms with Crippen molar-refractivity contribution in [3.63, 3.8) is 0 Å². The largest absolute Gasteiger partial charge is 0.388 e. The van der Waals surface area contributed by atoms with Gasteiger partial charge in [0.25, 0.3) is 0 Å². The maximum absolute atomic E-state index is 10.8. The molecular formula is C14H25NO. The van der Waals surface area contributed by atoms with Crippen LogP contribution in [0.1, 0.15) is 65.7 Å². The number of rotatable bonds is 4. The molecular weight excluding hydrogens is 198 g/mol. The molecule has 16 heavy (non-hydrogen) atoms. The summed E-state index contributed by atoms with van der Waals surface area (Å²) in [4.78, 5) is 0. The maximum atomic E-state index is 10.8. The Morgan fingerprint density at radius 2 is 1.94 bits per heavy atom. The van der Waals surface area contributed by atoms with Crippen LogP contribution in [-0.4, -0.2) is 10.7 Å². The predicted molar refractivity (Wildman–Crippen MR) is 65.8 cm³/mol. The van der Waals surface area contributed by atoms with E-state index >= 15 is 0 Å². The molecule has 0 aromatic rings. The summed E-state index contributed by atoms with van der Waals surface area (Å²) < 4.78 is 0. The highest BCUT2D eigenvalue weighted by atomic mass is 16.3. The van der Waals surface area contributed by atoms with E-state index in [9.17, 15) is 10.4 Å². The Morgan fingerprint density at radius 3 is 2.31 bits per heavy atom. The van der Waals surface area contributed by atoms with Crippen molar-refractivity contribution >= 4 is 0 Å². The summed E-state index contributed by atoms with van der Waals surface area (Å²) >= 11 is 0. The SMILES string of the molecule is CCCC(O)(CC)C1(C#N)CCC(C)CC1. The van der Waals surface area contributed by atoms with Gasteiger partial charge < -0.3 is 5.11 Å². The molecule has 1 fully saturated rings. The third kappa shape index (κ3) is 2.25. The minimum absolute atomic E-state index is 0.482. The monoisotopic (exact) mass is 223 g/mol. The molecule has 0 aliphatic heterocycles. The van der Waals surface area contributed by atoms with Crippen molar-refractivity contribution in [3.05, 3.63) is 0 Å². The first-order valence-electron chi connectivity index (χ1n) is 6.67. The highest BCUT2D eigenvalue weighted by Gasteiger charge is 2.50. The lowest BCUT2D eigenvalue weighted by Gasteiger charge is -2.46. The Hall–Kier alpha value is -0.550. The van der Waals surface area contributed by atoms with Crippen molar-refractivity contribution in [2.24, 2.45) is 11.3 Å². The number of aliphatic hydroxyl groups is 1. The van der Waals surface area contributed by atoms with Crippen molar-refractivity contribution < 1.29 is 5.11 Å². The molecule has 0 aromatic carbocycles. The minimum Gasteiger partial charge on any atom is -0.388 e. The second-order valence-electron chi connectivity index (χ2n) is 5.51. The number of hydrogen-bond donors (Lipinski definition) is 1. The predicted octanol–water partition coefficient (Wildman–Crippen LogP) is 3.65. The summed E-state index contributed by atoms with van der Waals surface area (Å²) in [5.41, 5.74) is -1.25. The first-order chi connectivity index (χ1) is 7.53. The van der Waals surface area contributed by atoms with Crippen LogP contribution < -0.4 is 0 Å². The van der Waals surface area contributed by atoms with Gasteiger partial charge in [-0.15, -0.1) is 0 Å². The molecule has 0 spiro atoms. The summed E-state index contributed by atoms with van der Waals surface area (Å²) in [5.74, 6) is 0.712. The average molecular weight is 223 g/mol. The van der Waals surface area contributed by atoms with Gasteiger partial charge in [0.1, 0.15) is 0 Å². The van der Waals surface area contributed by atoms with E-state index in [1.807, 2.05) is 6.92 Å². The van der Waals surface area contributed by atoms with E-state index in [2.05, 4.69) is 19.9 Å². The van der Waals surface area contributed by atoms with E-state index in [1.54, 1.807) is 0 Å². The lowest BCUT2D eigenvalue weighted by molar-refractivity contribution is -0.0863. The van der Waals surface area contributed by atoms with E-state index in [0.717, 1.165) is 38.5 Å². The fraction of sp³-hybridized carbons (Fsp3) is 0.929. The quantitative estimate of drug-likeness (QED) is 0.790. The Kier molecular flexibility index (Phi) is 4.38. The highest BCUT2D eigenvalue weighted by Crippen LogP contribution is 2.49. The Bertz CT molecular complexity index is 260. The molecule has 0 bridgehead atoms. The van der Waals surface area contributed by atoms with Gasteiger partial charge in [-0.25, -0.2) is 0 Å². The first kappa shape index (κ1) is 13.5. The molecule has 2 heteroatoms. The zero-order chi connectivity index (χ0) is 12.2. The molecule has 1 rings (SSSR count).